The molecule has 2 saturated carbocycles. The first kappa shape index (κ1) is 25.5. The van der Waals surface area contributed by atoms with E-state index in [4.69, 9.17) is 13.8 Å². The number of fused-ring (bicyclic) bond motifs is 3. The molecule has 4 aliphatic carbocycles. The van der Waals surface area contributed by atoms with Crippen LogP contribution in [-0.4, -0.2) is 30.2 Å². The van der Waals surface area contributed by atoms with E-state index >= 15 is 0 Å². The molecule has 1 spiro atoms. The first-order valence-corrected chi connectivity index (χ1v) is 15.7. The third-order valence-electron chi connectivity index (χ3n) is 9.64. The molecule has 0 bridgehead atoms. The number of ether oxygens (including phenoxy) is 1. The van der Waals surface area contributed by atoms with Gasteiger partial charge in [-0.2, -0.15) is 0 Å². The zero-order valence-corrected chi connectivity index (χ0v) is 23.2. The van der Waals surface area contributed by atoms with E-state index in [1.807, 2.05) is 32.1 Å². The van der Waals surface area contributed by atoms with E-state index in [1.165, 1.54) is 23.1 Å². The van der Waals surface area contributed by atoms with Crippen molar-refractivity contribution in [3.05, 3.63) is 64.8 Å². The van der Waals surface area contributed by atoms with Crippen LogP contribution in [0.5, 0.6) is 0 Å². The molecule has 1 saturated heterocycles. The second kappa shape index (κ2) is 9.45. The summed E-state index contributed by atoms with van der Waals surface area (Å²) >= 11 is 0. The first-order chi connectivity index (χ1) is 17.9. The van der Waals surface area contributed by atoms with Gasteiger partial charge >= 0.3 is 7.60 Å². The van der Waals surface area contributed by atoms with Crippen LogP contribution in [-0.2, 0) is 23.1 Å². The first-order valence-electron chi connectivity index (χ1n) is 14.2. The highest BCUT2D eigenvalue weighted by molar-refractivity contribution is 7.62. The minimum atomic E-state index is -3.33. The van der Waals surface area contributed by atoms with Gasteiger partial charge in [0.25, 0.3) is 0 Å². The lowest BCUT2D eigenvalue weighted by molar-refractivity contribution is -0.114. The van der Waals surface area contributed by atoms with Crippen LogP contribution < -0.4 is 5.30 Å². The predicted octanol–water partition coefficient (Wildman–Crippen LogP) is 6.95. The Morgan fingerprint density at radius 3 is 2.54 bits per heavy atom. The molecule has 0 unspecified atom stereocenters. The standard InChI is InChI=1S/C31H39O5P/c1-4-7-17-30-18-16-28-26-14-10-22-19-23(32)11-15-25(22)29(26)27(20-31(28,30)36-30)21-8-12-24(13-9-21)37(33,34-5-2)35-6-3/h4,7-9,12-13,19,26-28H,5-6,10-11,14-18,20H2,1-3H3/b7-4+/t26-,27+,28-,30-,31+/m0/s1. The van der Waals surface area contributed by atoms with Gasteiger partial charge in [0.05, 0.1) is 18.5 Å². The van der Waals surface area contributed by atoms with E-state index in [0.717, 1.165) is 38.5 Å². The Hall–Kier alpha value is -1.78. The van der Waals surface area contributed by atoms with Gasteiger partial charge < -0.3 is 13.8 Å². The second-order valence-corrected chi connectivity index (χ2v) is 13.3. The number of hydrogen-bond acceptors (Lipinski definition) is 5. The molecule has 1 heterocycles. The van der Waals surface area contributed by atoms with Crippen molar-refractivity contribution in [1.82, 2.24) is 0 Å². The topological polar surface area (TPSA) is 65.1 Å². The lowest BCUT2D eigenvalue weighted by atomic mass is 9.57. The van der Waals surface area contributed by atoms with Gasteiger partial charge in [0.1, 0.15) is 11.2 Å². The molecule has 0 aromatic heterocycles. The maximum Gasteiger partial charge on any atom is 0.361 e. The van der Waals surface area contributed by atoms with Gasteiger partial charge in [0.2, 0.25) is 0 Å². The minimum absolute atomic E-state index is 0.0170. The quantitative estimate of drug-likeness (QED) is 0.210. The van der Waals surface area contributed by atoms with Gasteiger partial charge in [0.15, 0.2) is 5.78 Å². The average Bonchev–Trinajstić information content (AvgIpc) is 3.41. The summed E-state index contributed by atoms with van der Waals surface area (Å²) in [4.78, 5) is 12.3. The van der Waals surface area contributed by atoms with Crippen LogP contribution in [0.25, 0.3) is 0 Å². The van der Waals surface area contributed by atoms with Crippen LogP contribution >= 0.6 is 7.60 Å². The maximum atomic E-state index is 13.4. The fraction of sp³-hybridized carbons (Fsp3) is 0.581. The lowest BCUT2D eigenvalue weighted by Gasteiger charge is -2.46. The molecule has 5 nitrogen and oxygen atoms in total. The summed E-state index contributed by atoms with van der Waals surface area (Å²) in [5.41, 5.74) is 5.44. The molecule has 5 aliphatic rings. The number of allylic oxidation sites excluding steroid dienone is 5. The Labute approximate surface area is 220 Å². The molecule has 6 rings (SSSR count). The summed E-state index contributed by atoms with van der Waals surface area (Å²) < 4.78 is 31.4. The van der Waals surface area contributed by atoms with Crippen molar-refractivity contribution in [2.45, 2.75) is 89.3 Å². The van der Waals surface area contributed by atoms with E-state index in [2.05, 4.69) is 31.2 Å². The molecule has 1 aromatic carbocycles. The number of benzene rings is 1. The molecule has 0 radical (unpaired) electrons. The second-order valence-electron chi connectivity index (χ2n) is 11.3. The molecule has 6 heteroatoms. The van der Waals surface area contributed by atoms with Crippen LogP contribution in [0.2, 0.25) is 0 Å². The lowest BCUT2D eigenvalue weighted by Crippen LogP contribution is -2.42. The Kier molecular flexibility index (Phi) is 6.51. The molecule has 1 aromatic rings. The summed E-state index contributed by atoms with van der Waals surface area (Å²) in [5.74, 6) is 1.58. The summed E-state index contributed by atoms with van der Waals surface area (Å²) in [6, 6.07) is 8.13. The Morgan fingerprint density at radius 1 is 1.08 bits per heavy atom. The highest BCUT2D eigenvalue weighted by atomic mass is 31.2. The van der Waals surface area contributed by atoms with Crippen molar-refractivity contribution in [3.63, 3.8) is 0 Å². The summed E-state index contributed by atoms with van der Waals surface area (Å²) in [5, 5.41) is 0.611. The monoisotopic (exact) mass is 522 g/mol. The zero-order valence-electron chi connectivity index (χ0n) is 22.3. The molecule has 1 aliphatic heterocycles. The van der Waals surface area contributed by atoms with Crippen LogP contribution in [0.1, 0.15) is 83.6 Å². The smallest absolute Gasteiger partial charge is 0.361 e. The predicted molar refractivity (Wildman–Crippen MR) is 145 cm³/mol. The number of carbonyl (C=O) groups excluding carboxylic acids is 1. The molecule has 198 valence electrons. The normalized spacial score (nSPS) is 34.6. The van der Waals surface area contributed by atoms with E-state index in [-0.39, 0.29) is 22.9 Å². The zero-order chi connectivity index (χ0) is 25.8. The minimum Gasteiger partial charge on any atom is -0.362 e. The molecule has 3 fully saturated rings. The molecule has 0 amide bonds. The summed E-state index contributed by atoms with van der Waals surface area (Å²) in [6.45, 7) is 6.44. The van der Waals surface area contributed by atoms with Crippen molar-refractivity contribution in [3.8, 4) is 0 Å². The van der Waals surface area contributed by atoms with Crippen LogP contribution in [0, 0.1) is 11.8 Å². The van der Waals surface area contributed by atoms with E-state index < -0.39 is 7.60 Å². The summed E-state index contributed by atoms with van der Waals surface area (Å²) in [7, 11) is -3.33. The number of ketones is 1. The van der Waals surface area contributed by atoms with Crippen LogP contribution in [0.4, 0.5) is 0 Å². The van der Waals surface area contributed by atoms with Gasteiger partial charge in [0, 0.05) is 12.3 Å². The van der Waals surface area contributed by atoms with Crippen molar-refractivity contribution < 1.29 is 23.1 Å². The van der Waals surface area contributed by atoms with Gasteiger partial charge in [-0.05, 0) is 112 Å². The molecule has 37 heavy (non-hydrogen) atoms. The Morgan fingerprint density at radius 2 is 1.84 bits per heavy atom. The van der Waals surface area contributed by atoms with Gasteiger partial charge in [-0.15, -0.1) is 0 Å². The van der Waals surface area contributed by atoms with Crippen molar-refractivity contribution in [2.75, 3.05) is 13.2 Å². The molecular formula is C31H39O5P. The van der Waals surface area contributed by atoms with E-state index in [0.29, 0.717) is 36.8 Å². The largest absolute Gasteiger partial charge is 0.362 e. The fourth-order valence-corrected chi connectivity index (χ4v) is 9.74. The molecular weight excluding hydrogens is 483 g/mol. The molecule has 0 N–H and O–H groups in total. The summed E-state index contributed by atoms with van der Waals surface area (Å²) in [6.07, 6.45) is 14.3. The van der Waals surface area contributed by atoms with Crippen molar-refractivity contribution in [1.29, 1.82) is 0 Å². The number of carbonyl (C=O) groups is 1. The number of rotatable bonds is 8. The Balaban J connectivity index is 1.42. The number of epoxide rings is 1. The van der Waals surface area contributed by atoms with E-state index in [9.17, 15) is 9.36 Å². The van der Waals surface area contributed by atoms with Crippen LogP contribution in [0.15, 0.2) is 59.2 Å². The third-order valence-corrected chi connectivity index (χ3v) is 11.8. The van der Waals surface area contributed by atoms with E-state index in [1.54, 1.807) is 5.57 Å². The highest BCUT2D eigenvalue weighted by Crippen LogP contribution is 2.74. The van der Waals surface area contributed by atoms with Crippen LogP contribution in [0.3, 0.4) is 0 Å². The van der Waals surface area contributed by atoms with Gasteiger partial charge in [-0.25, -0.2) is 0 Å². The highest BCUT2D eigenvalue weighted by Gasteiger charge is 2.78. The van der Waals surface area contributed by atoms with Gasteiger partial charge in [-0.3, -0.25) is 9.36 Å². The maximum absolute atomic E-state index is 13.4. The molecule has 5 atom stereocenters. The van der Waals surface area contributed by atoms with Crippen molar-refractivity contribution in [2.24, 2.45) is 11.8 Å². The van der Waals surface area contributed by atoms with Gasteiger partial charge in [-0.1, -0.05) is 29.9 Å². The Bertz CT molecular complexity index is 1220. The SMILES string of the molecule is C/C=C/C[C@]12CC[C@H]3[C@@H]4CCC5=CC(=O)CCC5=C4[C@@H](c4ccc(P(=O)(OCC)OCC)cc4)C[C@@]31O2. The number of hydrogen-bond donors (Lipinski definition) is 0. The average molecular weight is 523 g/mol. The van der Waals surface area contributed by atoms with Crippen molar-refractivity contribution >= 4 is 18.7 Å². The fourth-order valence-electron chi connectivity index (χ4n) is 8.17. The third kappa shape index (κ3) is 3.92.